The van der Waals surface area contributed by atoms with Crippen LogP contribution >= 0.6 is 11.3 Å². The van der Waals surface area contributed by atoms with Gasteiger partial charge in [0.05, 0.1) is 30.4 Å². The molecule has 4 aromatic rings. The minimum absolute atomic E-state index is 0.132. The number of nitrogens with one attached hydrogen (secondary N) is 1. The van der Waals surface area contributed by atoms with E-state index < -0.39 is 0 Å². The zero-order valence-corrected chi connectivity index (χ0v) is 20.3. The van der Waals surface area contributed by atoms with Gasteiger partial charge in [0.25, 0.3) is 5.91 Å². The van der Waals surface area contributed by atoms with Gasteiger partial charge < -0.3 is 19.4 Å². The lowest BCUT2D eigenvalue weighted by molar-refractivity contribution is -0.120. The Balaban J connectivity index is 1.70. The van der Waals surface area contributed by atoms with Crippen molar-refractivity contribution in [3.05, 3.63) is 65.5 Å². The van der Waals surface area contributed by atoms with Crippen LogP contribution in [0.3, 0.4) is 0 Å². The molecule has 0 aliphatic rings. The molecule has 3 aromatic heterocycles. The third kappa shape index (κ3) is 4.65. The fraction of sp³-hybridized carbons (Fsp3) is 0.280. The molecule has 0 saturated carbocycles. The largest absolute Gasteiger partial charge is 0.495 e. The molecule has 0 radical (unpaired) electrons. The second kappa shape index (κ2) is 10.0. The van der Waals surface area contributed by atoms with E-state index in [1.807, 2.05) is 32.0 Å². The quantitative estimate of drug-likeness (QED) is 0.397. The molecule has 9 heteroatoms. The first-order valence-corrected chi connectivity index (χ1v) is 11.7. The molecule has 0 bridgehead atoms. The molecule has 0 spiro atoms. The number of methoxy groups -OCH3 is 1. The van der Waals surface area contributed by atoms with E-state index in [0.29, 0.717) is 16.4 Å². The highest BCUT2D eigenvalue weighted by atomic mass is 32.1. The lowest BCUT2D eigenvalue weighted by Gasteiger charge is -2.27. The van der Waals surface area contributed by atoms with E-state index in [1.165, 1.54) is 17.7 Å². The number of amides is 2. The van der Waals surface area contributed by atoms with Crippen LogP contribution in [0.15, 0.2) is 53.7 Å². The molecule has 1 atom stereocenters. The molecular formula is C25H26N4O4S. The first-order chi connectivity index (χ1) is 16.4. The van der Waals surface area contributed by atoms with Crippen molar-refractivity contribution in [2.45, 2.75) is 26.3 Å². The number of ether oxygens (including phenoxy) is 1. The van der Waals surface area contributed by atoms with Gasteiger partial charge in [-0.2, -0.15) is 0 Å². The van der Waals surface area contributed by atoms with Crippen molar-refractivity contribution in [3.8, 4) is 16.9 Å². The number of hydrogen-bond donors (Lipinski definition) is 1. The van der Waals surface area contributed by atoms with Crippen LogP contribution in [0.2, 0.25) is 0 Å². The van der Waals surface area contributed by atoms with Crippen molar-refractivity contribution in [1.82, 2.24) is 20.2 Å². The molecule has 0 aliphatic carbocycles. The summed E-state index contributed by atoms with van der Waals surface area (Å²) >= 11 is 1.45. The van der Waals surface area contributed by atoms with Crippen molar-refractivity contribution >= 4 is 33.2 Å². The molecule has 0 fully saturated rings. The topological polar surface area (TPSA) is 97.6 Å². The summed E-state index contributed by atoms with van der Waals surface area (Å²) in [6.07, 6.45) is 6.58. The number of rotatable bonds is 8. The summed E-state index contributed by atoms with van der Waals surface area (Å²) in [6, 6.07) is 7.67. The van der Waals surface area contributed by atoms with Crippen LogP contribution in [0.1, 0.15) is 40.4 Å². The maximum atomic E-state index is 13.7. The van der Waals surface area contributed by atoms with Crippen molar-refractivity contribution in [2.24, 2.45) is 0 Å². The van der Waals surface area contributed by atoms with Crippen LogP contribution in [0.25, 0.3) is 21.2 Å². The number of nitrogens with zero attached hydrogens (tertiary/aromatic N) is 3. The Morgan fingerprint density at radius 2 is 2.00 bits per heavy atom. The molecular weight excluding hydrogens is 452 g/mol. The van der Waals surface area contributed by atoms with Crippen LogP contribution in [-0.2, 0) is 4.79 Å². The van der Waals surface area contributed by atoms with Gasteiger partial charge in [0.15, 0.2) is 6.39 Å². The number of aryl methyl sites for hydroxylation is 1. The fourth-order valence-corrected chi connectivity index (χ4v) is 4.97. The van der Waals surface area contributed by atoms with Gasteiger partial charge in [-0.25, -0.2) is 4.98 Å². The Hall–Kier alpha value is -3.72. The minimum Gasteiger partial charge on any atom is -0.495 e. The minimum atomic E-state index is -0.373. The fourth-order valence-electron chi connectivity index (χ4n) is 3.83. The van der Waals surface area contributed by atoms with Crippen LogP contribution < -0.4 is 10.1 Å². The smallest absolute Gasteiger partial charge is 0.264 e. The highest BCUT2D eigenvalue weighted by Gasteiger charge is 2.28. The van der Waals surface area contributed by atoms with Gasteiger partial charge in [0.1, 0.15) is 11.5 Å². The summed E-state index contributed by atoms with van der Waals surface area (Å²) in [7, 11) is 3.19. The molecule has 0 aliphatic heterocycles. The Morgan fingerprint density at radius 1 is 1.18 bits per heavy atom. The number of thiophene rings is 1. The standard InChI is InChI=1S/C25H26N4O4S/c1-15-20-10-17(18-9-19(32-4)12-27-11-18)5-6-22(20)34-24(15)25(31)29(8-7-23(30)26-3)16(2)21-13-28-14-33-21/h5-6,9-14,16H,7-8H2,1-4H3,(H,26,30). The second-order valence-corrected chi connectivity index (χ2v) is 8.93. The molecule has 2 amide bonds. The monoisotopic (exact) mass is 478 g/mol. The van der Waals surface area contributed by atoms with E-state index in [2.05, 4.69) is 21.4 Å². The number of fused-ring (bicyclic) bond motifs is 1. The molecule has 1 unspecified atom stereocenters. The second-order valence-electron chi connectivity index (χ2n) is 7.88. The first-order valence-electron chi connectivity index (χ1n) is 10.9. The van der Waals surface area contributed by atoms with Crippen LogP contribution in [0, 0.1) is 6.92 Å². The third-order valence-electron chi connectivity index (χ3n) is 5.86. The van der Waals surface area contributed by atoms with Gasteiger partial charge in [0.2, 0.25) is 5.91 Å². The molecule has 4 rings (SSSR count). The lowest BCUT2D eigenvalue weighted by Crippen LogP contribution is -2.36. The number of carbonyl (C=O) groups excluding carboxylic acids is 2. The van der Waals surface area contributed by atoms with Gasteiger partial charge in [0, 0.05) is 36.5 Å². The maximum absolute atomic E-state index is 13.7. The Labute approximate surface area is 201 Å². The van der Waals surface area contributed by atoms with Gasteiger partial charge in [-0.1, -0.05) is 6.07 Å². The van der Waals surface area contributed by atoms with Crippen molar-refractivity contribution in [2.75, 3.05) is 20.7 Å². The number of aromatic nitrogens is 2. The van der Waals surface area contributed by atoms with Gasteiger partial charge >= 0.3 is 0 Å². The van der Waals surface area contributed by atoms with Crippen molar-refractivity contribution < 1.29 is 18.7 Å². The van der Waals surface area contributed by atoms with E-state index in [4.69, 9.17) is 9.15 Å². The molecule has 176 valence electrons. The van der Waals surface area contributed by atoms with E-state index in [0.717, 1.165) is 26.8 Å². The summed E-state index contributed by atoms with van der Waals surface area (Å²) in [4.78, 5) is 36.2. The molecule has 34 heavy (non-hydrogen) atoms. The van der Waals surface area contributed by atoms with E-state index in [9.17, 15) is 9.59 Å². The number of carbonyl (C=O) groups is 2. The summed E-state index contributed by atoms with van der Waals surface area (Å²) in [5.41, 5.74) is 2.83. The molecule has 0 saturated heterocycles. The predicted octanol–water partition coefficient (Wildman–Crippen LogP) is 4.61. The average Bonchev–Trinajstić information content (AvgIpc) is 3.52. The van der Waals surface area contributed by atoms with Crippen molar-refractivity contribution in [3.63, 3.8) is 0 Å². The van der Waals surface area contributed by atoms with E-state index in [1.54, 1.807) is 37.6 Å². The van der Waals surface area contributed by atoms with E-state index >= 15 is 0 Å². The van der Waals surface area contributed by atoms with Gasteiger partial charge in [-0.15, -0.1) is 11.3 Å². The summed E-state index contributed by atoms with van der Waals surface area (Å²) in [5, 5.41) is 3.62. The van der Waals surface area contributed by atoms with Crippen LogP contribution in [0.4, 0.5) is 0 Å². The third-order valence-corrected chi connectivity index (χ3v) is 7.12. The SMILES string of the molecule is CNC(=O)CCN(C(=O)c1sc2ccc(-c3cncc(OC)c3)cc2c1C)C(C)c1cnco1. The summed E-state index contributed by atoms with van der Waals surface area (Å²) in [5.74, 6) is 0.976. The molecule has 8 nitrogen and oxygen atoms in total. The number of pyridine rings is 1. The summed E-state index contributed by atoms with van der Waals surface area (Å²) in [6.45, 7) is 4.09. The zero-order valence-electron chi connectivity index (χ0n) is 19.5. The number of oxazole rings is 1. The van der Waals surface area contributed by atoms with Crippen molar-refractivity contribution in [1.29, 1.82) is 0 Å². The van der Waals surface area contributed by atoms with Gasteiger partial charge in [-0.05, 0) is 48.6 Å². The van der Waals surface area contributed by atoms with Crippen LogP contribution in [-0.4, -0.2) is 47.4 Å². The lowest BCUT2D eigenvalue weighted by atomic mass is 10.0. The van der Waals surface area contributed by atoms with Gasteiger partial charge in [-0.3, -0.25) is 14.6 Å². The molecule has 3 heterocycles. The Morgan fingerprint density at radius 3 is 2.71 bits per heavy atom. The maximum Gasteiger partial charge on any atom is 0.264 e. The average molecular weight is 479 g/mol. The highest BCUT2D eigenvalue weighted by molar-refractivity contribution is 7.21. The molecule has 1 N–H and O–H groups in total. The summed E-state index contributed by atoms with van der Waals surface area (Å²) < 4.78 is 11.8. The predicted molar refractivity (Wildman–Crippen MR) is 131 cm³/mol. The van der Waals surface area contributed by atoms with E-state index in [-0.39, 0.29) is 30.8 Å². The first kappa shape index (κ1) is 23.4. The Bertz CT molecular complexity index is 1320. The van der Waals surface area contributed by atoms with Crippen LogP contribution in [0.5, 0.6) is 5.75 Å². The number of hydrogen-bond acceptors (Lipinski definition) is 7. The molecule has 1 aromatic carbocycles. The Kier molecular flexibility index (Phi) is 6.93. The zero-order chi connectivity index (χ0) is 24.2. The number of benzene rings is 1. The normalized spacial score (nSPS) is 11.9. The highest BCUT2D eigenvalue weighted by Crippen LogP contribution is 2.36.